The largest absolute Gasteiger partial charge is 0.493 e. The van der Waals surface area contributed by atoms with E-state index in [1.54, 1.807) is 7.11 Å². The van der Waals surface area contributed by atoms with Gasteiger partial charge < -0.3 is 19.9 Å². The van der Waals surface area contributed by atoms with Crippen molar-refractivity contribution in [2.24, 2.45) is 0 Å². The molecule has 28 heavy (non-hydrogen) atoms. The van der Waals surface area contributed by atoms with Crippen LogP contribution in [0.25, 0.3) is 0 Å². The zero-order valence-electron chi connectivity index (χ0n) is 16.4. The van der Waals surface area contributed by atoms with E-state index in [-0.39, 0.29) is 0 Å². The Kier molecular flexibility index (Phi) is 7.06. The fraction of sp³-hybridized carbons (Fsp3) is 0.250. The number of benzene rings is 3. The summed E-state index contributed by atoms with van der Waals surface area (Å²) in [6, 6.07) is 23.8. The molecule has 0 bridgehead atoms. The van der Waals surface area contributed by atoms with E-state index in [9.17, 15) is 5.11 Å². The number of hydrogen-bond acceptors (Lipinski definition) is 4. The predicted octanol–water partition coefficient (Wildman–Crippen LogP) is 4.41. The van der Waals surface area contributed by atoms with E-state index >= 15 is 0 Å². The van der Waals surface area contributed by atoms with Gasteiger partial charge in [0.05, 0.1) is 13.2 Å². The van der Waals surface area contributed by atoms with Gasteiger partial charge in [-0.25, -0.2) is 0 Å². The molecular formula is C24H27NO3. The monoisotopic (exact) mass is 377 g/mol. The molecule has 0 radical (unpaired) electrons. The SMILES string of the molecule is COc1cc(CNC[C@H](O)c2ccccc2)ccc1OCc1ccccc1C. The molecule has 0 unspecified atom stereocenters. The summed E-state index contributed by atoms with van der Waals surface area (Å²) < 4.78 is 11.5. The molecule has 0 saturated carbocycles. The lowest BCUT2D eigenvalue weighted by Gasteiger charge is -2.15. The lowest BCUT2D eigenvalue weighted by Crippen LogP contribution is -2.21. The molecule has 1 atom stereocenters. The van der Waals surface area contributed by atoms with Crippen LogP contribution in [0, 0.1) is 6.92 Å². The number of aryl methyl sites for hydroxylation is 1. The van der Waals surface area contributed by atoms with E-state index in [4.69, 9.17) is 9.47 Å². The van der Waals surface area contributed by atoms with E-state index in [0.717, 1.165) is 22.4 Å². The molecule has 0 aromatic heterocycles. The lowest BCUT2D eigenvalue weighted by atomic mass is 10.1. The summed E-state index contributed by atoms with van der Waals surface area (Å²) in [6.45, 7) is 3.70. The molecule has 146 valence electrons. The van der Waals surface area contributed by atoms with Crippen molar-refractivity contribution in [1.29, 1.82) is 0 Å². The second-order valence-electron chi connectivity index (χ2n) is 6.76. The first-order valence-corrected chi connectivity index (χ1v) is 9.45. The molecule has 0 aliphatic carbocycles. The molecule has 0 aliphatic heterocycles. The normalized spacial score (nSPS) is 11.8. The van der Waals surface area contributed by atoms with Crippen LogP contribution in [0.1, 0.15) is 28.4 Å². The maximum absolute atomic E-state index is 10.2. The van der Waals surface area contributed by atoms with Gasteiger partial charge in [-0.2, -0.15) is 0 Å². The molecule has 3 aromatic carbocycles. The zero-order valence-corrected chi connectivity index (χ0v) is 16.4. The molecule has 4 heteroatoms. The fourth-order valence-electron chi connectivity index (χ4n) is 3.02. The first-order valence-electron chi connectivity index (χ1n) is 9.45. The smallest absolute Gasteiger partial charge is 0.161 e. The predicted molar refractivity (Wildman–Crippen MR) is 112 cm³/mol. The number of aliphatic hydroxyl groups is 1. The Morgan fingerprint density at radius 3 is 2.43 bits per heavy atom. The van der Waals surface area contributed by atoms with Gasteiger partial charge in [0.2, 0.25) is 0 Å². The minimum Gasteiger partial charge on any atom is -0.493 e. The highest BCUT2D eigenvalue weighted by Crippen LogP contribution is 2.29. The van der Waals surface area contributed by atoms with E-state index in [0.29, 0.717) is 25.4 Å². The van der Waals surface area contributed by atoms with Crippen molar-refractivity contribution in [1.82, 2.24) is 5.32 Å². The average molecular weight is 377 g/mol. The molecular weight excluding hydrogens is 350 g/mol. The van der Waals surface area contributed by atoms with Crippen LogP contribution in [-0.4, -0.2) is 18.8 Å². The number of ether oxygens (including phenoxy) is 2. The molecule has 0 saturated heterocycles. The molecule has 3 rings (SSSR count). The molecule has 0 fully saturated rings. The standard InChI is InChI=1S/C24H27NO3/c1-18-8-6-7-11-21(18)17-28-23-13-12-19(14-24(23)27-2)15-25-16-22(26)20-9-4-3-5-10-20/h3-14,22,25-26H,15-17H2,1-2H3/t22-/m0/s1. The van der Waals surface area contributed by atoms with Crippen LogP contribution in [0.15, 0.2) is 72.8 Å². The number of rotatable bonds is 9. The van der Waals surface area contributed by atoms with Crippen LogP contribution >= 0.6 is 0 Å². The molecule has 3 aromatic rings. The summed E-state index contributed by atoms with van der Waals surface area (Å²) in [7, 11) is 1.65. The van der Waals surface area contributed by atoms with Gasteiger partial charge in [0, 0.05) is 13.1 Å². The van der Waals surface area contributed by atoms with E-state index in [2.05, 4.69) is 24.4 Å². The zero-order chi connectivity index (χ0) is 19.8. The van der Waals surface area contributed by atoms with Gasteiger partial charge in [-0.1, -0.05) is 60.7 Å². The van der Waals surface area contributed by atoms with Crippen LogP contribution in [0.5, 0.6) is 11.5 Å². The van der Waals surface area contributed by atoms with Gasteiger partial charge in [-0.05, 0) is 41.3 Å². The Bertz CT molecular complexity index is 880. The fourth-order valence-corrected chi connectivity index (χ4v) is 3.02. The maximum Gasteiger partial charge on any atom is 0.161 e. The first-order chi connectivity index (χ1) is 13.7. The molecule has 2 N–H and O–H groups in total. The Balaban J connectivity index is 1.56. The van der Waals surface area contributed by atoms with Crippen molar-refractivity contribution in [3.63, 3.8) is 0 Å². The van der Waals surface area contributed by atoms with E-state index < -0.39 is 6.10 Å². The average Bonchev–Trinajstić information content (AvgIpc) is 2.74. The van der Waals surface area contributed by atoms with Gasteiger partial charge in [-0.15, -0.1) is 0 Å². The second kappa shape index (κ2) is 9.93. The lowest BCUT2D eigenvalue weighted by molar-refractivity contribution is 0.174. The topological polar surface area (TPSA) is 50.7 Å². The summed E-state index contributed by atoms with van der Waals surface area (Å²) in [5.41, 5.74) is 4.34. The summed E-state index contributed by atoms with van der Waals surface area (Å²) in [4.78, 5) is 0. The highest BCUT2D eigenvalue weighted by molar-refractivity contribution is 5.43. The number of hydrogen-bond donors (Lipinski definition) is 2. The van der Waals surface area contributed by atoms with Gasteiger partial charge in [0.25, 0.3) is 0 Å². The van der Waals surface area contributed by atoms with Crippen molar-refractivity contribution in [2.75, 3.05) is 13.7 Å². The van der Waals surface area contributed by atoms with Crippen LogP contribution in [-0.2, 0) is 13.2 Å². The van der Waals surface area contributed by atoms with Crippen LogP contribution in [0.2, 0.25) is 0 Å². The number of nitrogens with one attached hydrogen (secondary N) is 1. The first kappa shape index (κ1) is 19.9. The van der Waals surface area contributed by atoms with E-state index in [1.807, 2.05) is 60.7 Å². The molecule has 0 aliphatic rings. The highest BCUT2D eigenvalue weighted by atomic mass is 16.5. The third-order valence-electron chi connectivity index (χ3n) is 4.72. The van der Waals surface area contributed by atoms with Gasteiger partial charge in [0.15, 0.2) is 11.5 Å². The van der Waals surface area contributed by atoms with E-state index in [1.165, 1.54) is 5.56 Å². The van der Waals surface area contributed by atoms with Crippen molar-refractivity contribution in [3.8, 4) is 11.5 Å². The van der Waals surface area contributed by atoms with Crippen LogP contribution < -0.4 is 14.8 Å². The summed E-state index contributed by atoms with van der Waals surface area (Å²) in [5, 5.41) is 13.5. The summed E-state index contributed by atoms with van der Waals surface area (Å²) >= 11 is 0. The minimum atomic E-state index is -0.528. The van der Waals surface area contributed by atoms with Crippen molar-refractivity contribution >= 4 is 0 Å². The molecule has 0 heterocycles. The Morgan fingerprint density at radius 2 is 1.68 bits per heavy atom. The van der Waals surface area contributed by atoms with Crippen LogP contribution in [0.3, 0.4) is 0 Å². The number of aliphatic hydroxyl groups excluding tert-OH is 1. The van der Waals surface area contributed by atoms with Crippen molar-refractivity contribution in [3.05, 3.63) is 95.1 Å². The third-order valence-corrected chi connectivity index (χ3v) is 4.72. The van der Waals surface area contributed by atoms with Gasteiger partial charge >= 0.3 is 0 Å². The minimum absolute atomic E-state index is 0.484. The molecule has 4 nitrogen and oxygen atoms in total. The Labute approximate surface area is 166 Å². The Morgan fingerprint density at radius 1 is 0.929 bits per heavy atom. The van der Waals surface area contributed by atoms with Crippen molar-refractivity contribution in [2.45, 2.75) is 26.2 Å². The summed E-state index contributed by atoms with van der Waals surface area (Å²) in [5.74, 6) is 1.43. The second-order valence-corrected chi connectivity index (χ2v) is 6.76. The number of methoxy groups -OCH3 is 1. The summed E-state index contributed by atoms with van der Waals surface area (Å²) in [6.07, 6.45) is -0.528. The quantitative estimate of drug-likeness (QED) is 0.580. The van der Waals surface area contributed by atoms with Gasteiger partial charge in [-0.3, -0.25) is 0 Å². The van der Waals surface area contributed by atoms with Gasteiger partial charge in [0.1, 0.15) is 6.61 Å². The Hall–Kier alpha value is -2.82. The molecule has 0 spiro atoms. The highest BCUT2D eigenvalue weighted by Gasteiger charge is 2.09. The molecule has 0 amide bonds. The third kappa shape index (κ3) is 5.35. The maximum atomic E-state index is 10.2. The van der Waals surface area contributed by atoms with Crippen molar-refractivity contribution < 1.29 is 14.6 Å². The van der Waals surface area contributed by atoms with Crippen LogP contribution in [0.4, 0.5) is 0 Å².